The average Bonchev–Trinajstić information content (AvgIpc) is 2.33. The first kappa shape index (κ1) is 11.5. The summed E-state index contributed by atoms with van der Waals surface area (Å²) in [6.07, 6.45) is 0. The van der Waals surface area contributed by atoms with E-state index in [4.69, 9.17) is 4.74 Å². The highest BCUT2D eigenvalue weighted by Crippen LogP contribution is 2.20. The third-order valence-electron chi connectivity index (χ3n) is 2.29. The molecule has 0 saturated carbocycles. The van der Waals surface area contributed by atoms with Gasteiger partial charge in [0.2, 0.25) is 5.88 Å². The van der Waals surface area contributed by atoms with E-state index in [9.17, 15) is 4.39 Å². The molecule has 2 rings (SSSR count). The van der Waals surface area contributed by atoms with Crippen molar-refractivity contribution in [1.29, 1.82) is 0 Å². The summed E-state index contributed by atoms with van der Waals surface area (Å²) in [6.45, 7) is 4.09. The maximum absolute atomic E-state index is 12.7. The van der Waals surface area contributed by atoms with E-state index in [1.807, 2.05) is 19.9 Å². The Bertz CT molecular complexity index is 480. The molecule has 0 saturated heterocycles. The lowest BCUT2D eigenvalue weighted by atomic mass is 10.1. The molecule has 0 aliphatic heterocycles. The number of halogens is 1. The van der Waals surface area contributed by atoms with E-state index >= 15 is 0 Å². The van der Waals surface area contributed by atoms with Crippen molar-refractivity contribution in [2.45, 2.75) is 19.8 Å². The van der Waals surface area contributed by atoms with Gasteiger partial charge in [-0.1, -0.05) is 13.8 Å². The highest BCUT2D eigenvalue weighted by Gasteiger charge is 2.03. The summed E-state index contributed by atoms with van der Waals surface area (Å²) in [5.41, 5.74) is 0.913. The minimum Gasteiger partial charge on any atom is -0.438 e. The molecule has 0 fully saturated rings. The molecule has 2 aromatic rings. The molecule has 0 bridgehead atoms. The van der Waals surface area contributed by atoms with Gasteiger partial charge in [0.1, 0.15) is 11.6 Å². The Kier molecular flexibility index (Phi) is 3.32. The lowest BCUT2D eigenvalue weighted by Gasteiger charge is -2.06. The van der Waals surface area contributed by atoms with Gasteiger partial charge < -0.3 is 4.74 Å². The zero-order chi connectivity index (χ0) is 12.3. The van der Waals surface area contributed by atoms with E-state index in [2.05, 4.69) is 10.2 Å². The Morgan fingerprint density at radius 3 is 2.24 bits per heavy atom. The largest absolute Gasteiger partial charge is 0.438 e. The molecule has 0 aliphatic rings. The van der Waals surface area contributed by atoms with Gasteiger partial charge in [0.15, 0.2) is 0 Å². The molecule has 0 unspecified atom stereocenters. The third kappa shape index (κ3) is 3.00. The van der Waals surface area contributed by atoms with Gasteiger partial charge in [0.25, 0.3) is 0 Å². The van der Waals surface area contributed by atoms with Crippen LogP contribution in [0, 0.1) is 5.82 Å². The van der Waals surface area contributed by atoms with Gasteiger partial charge in [-0.15, -0.1) is 5.10 Å². The smallest absolute Gasteiger partial charge is 0.238 e. The molecule has 0 N–H and O–H groups in total. The van der Waals surface area contributed by atoms with E-state index in [-0.39, 0.29) is 5.82 Å². The van der Waals surface area contributed by atoms with Crippen molar-refractivity contribution in [1.82, 2.24) is 10.2 Å². The van der Waals surface area contributed by atoms with Crippen LogP contribution in [0.3, 0.4) is 0 Å². The Hall–Kier alpha value is -1.97. The second-order valence-electron chi connectivity index (χ2n) is 4.01. The SMILES string of the molecule is CC(C)c1ccc(Oc2ccc(F)cc2)nn1. The topological polar surface area (TPSA) is 35.0 Å². The number of aromatic nitrogens is 2. The Morgan fingerprint density at radius 1 is 1.00 bits per heavy atom. The molecule has 3 nitrogen and oxygen atoms in total. The zero-order valence-corrected chi connectivity index (χ0v) is 9.72. The van der Waals surface area contributed by atoms with Crippen molar-refractivity contribution in [2.75, 3.05) is 0 Å². The van der Waals surface area contributed by atoms with Crippen LogP contribution in [0.25, 0.3) is 0 Å². The highest BCUT2D eigenvalue weighted by atomic mass is 19.1. The van der Waals surface area contributed by atoms with Crippen molar-refractivity contribution in [2.24, 2.45) is 0 Å². The molecule has 0 spiro atoms. The summed E-state index contributed by atoms with van der Waals surface area (Å²) < 4.78 is 18.1. The molecule has 1 aromatic carbocycles. The molecule has 1 heterocycles. The number of rotatable bonds is 3. The van der Waals surface area contributed by atoms with Crippen LogP contribution in [-0.4, -0.2) is 10.2 Å². The number of ether oxygens (including phenoxy) is 1. The van der Waals surface area contributed by atoms with E-state index in [0.717, 1.165) is 5.69 Å². The van der Waals surface area contributed by atoms with Crippen LogP contribution < -0.4 is 4.74 Å². The van der Waals surface area contributed by atoms with Crippen LogP contribution in [-0.2, 0) is 0 Å². The summed E-state index contributed by atoms with van der Waals surface area (Å²) in [7, 11) is 0. The first-order valence-electron chi connectivity index (χ1n) is 5.42. The van der Waals surface area contributed by atoms with Crippen LogP contribution in [0.5, 0.6) is 11.6 Å². The van der Waals surface area contributed by atoms with E-state index < -0.39 is 0 Å². The Morgan fingerprint density at radius 2 is 1.71 bits per heavy atom. The van der Waals surface area contributed by atoms with Gasteiger partial charge in [-0.05, 0) is 36.2 Å². The molecule has 0 aliphatic carbocycles. The van der Waals surface area contributed by atoms with Crippen molar-refractivity contribution >= 4 is 0 Å². The normalized spacial score (nSPS) is 10.6. The fourth-order valence-electron chi connectivity index (χ4n) is 1.32. The molecule has 0 radical (unpaired) electrons. The number of benzene rings is 1. The molecule has 0 atom stereocenters. The molecule has 88 valence electrons. The summed E-state index contributed by atoms with van der Waals surface area (Å²) in [4.78, 5) is 0. The average molecular weight is 232 g/mol. The zero-order valence-electron chi connectivity index (χ0n) is 9.72. The van der Waals surface area contributed by atoms with Crippen LogP contribution >= 0.6 is 0 Å². The first-order valence-corrected chi connectivity index (χ1v) is 5.42. The number of hydrogen-bond donors (Lipinski definition) is 0. The standard InChI is InChI=1S/C13H13FN2O/c1-9(2)12-7-8-13(16-15-12)17-11-5-3-10(14)4-6-11/h3-9H,1-2H3. The van der Waals surface area contributed by atoms with Gasteiger partial charge in [0, 0.05) is 6.07 Å². The third-order valence-corrected chi connectivity index (χ3v) is 2.29. The molecular weight excluding hydrogens is 219 g/mol. The van der Waals surface area contributed by atoms with Crippen molar-refractivity contribution in [3.8, 4) is 11.6 Å². The fraction of sp³-hybridized carbons (Fsp3) is 0.231. The lowest BCUT2D eigenvalue weighted by Crippen LogP contribution is -1.96. The predicted octanol–water partition coefficient (Wildman–Crippen LogP) is 3.53. The fourth-order valence-corrected chi connectivity index (χ4v) is 1.32. The molecule has 0 amide bonds. The van der Waals surface area contributed by atoms with Crippen LogP contribution in [0.4, 0.5) is 4.39 Å². The molecule has 17 heavy (non-hydrogen) atoms. The van der Waals surface area contributed by atoms with Crippen LogP contribution in [0.2, 0.25) is 0 Å². The van der Waals surface area contributed by atoms with Gasteiger partial charge in [-0.2, -0.15) is 5.10 Å². The second kappa shape index (κ2) is 4.91. The van der Waals surface area contributed by atoms with Gasteiger partial charge in [-0.25, -0.2) is 4.39 Å². The lowest BCUT2D eigenvalue weighted by molar-refractivity contribution is 0.451. The number of hydrogen-bond acceptors (Lipinski definition) is 3. The van der Waals surface area contributed by atoms with Crippen LogP contribution in [0.1, 0.15) is 25.5 Å². The maximum Gasteiger partial charge on any atom is 0.238 e. The van der Waals surface area contributed by atoms with E-state index in [1.54, 1.807) is 18.2 Å². The number of nitrogens with zero attached hydrogens (tertiary/aromatic N) is 2. The van der Waals surface area contributed by atoms with Crippen LogP contribution in [0.15, 0.2) is 36.4 Å². The summed E-state index contributed by atoms with van der Waals surface area (Å²) in [5, 5.41) is 7.99. The Labute approximate surface area is 99.3 Å². The minimum atomic E-state index is -0.293. The van der Waals surface area contributed by atoms with Crippen molar-refractivity contribution < 1.29 is 9.13 Å². The van der Waals surface area contributed by atoms with Crippen molar-refractivity contribution in [3.63, 3.8) is 0 Å². The monoisotopic (exact) mass is 232 g/mol. The van der Waals surface area contributed by atoms with Gasteiger partial charge >= 0.3 is 0 Å². The summed E-state index contributed by atoms with van der Waals surface area (Å²) in [5.74, 6) is 0.986. The summed E-state index contributed by atoms with van der Waals surface area (Å²) >= 11 is 0. The van der Waals surface area contributed by atoms with Gasteiger partial charge in [-0.3, -0.25) is 0 Å². The maximum atomic E-state index is 12.7. The van der Waals surface area contributed by atoms with Gasteiger partial charge in [0.05, 0.1) is 5.69 Å². The minimum absolute atomic E-state index is 0.293. The first-order chi connectivity index (χ1) is 8.15. The molecule has 4 heteroatoms. The highest BCUT2D eigenvalue weighted by molar-refractivity contribution is 5.27. The predicted molar refractivity (Wildman–Crippen MR) is 62.6 cm³/mol. The Balaban J connectivity index is 2.11. The van der Waals surface area contributed by atoms with Crippen molar-refractivity contribution in [3.05, 3.63) is 47.9 Å². The quantitative estimate of drug-likeness (QED) is 0.812. The summed E-state index contributed by atoms with van der Waals surface area (Å²) in [6, 6.07) is 9.40. The molecule has 1 aromatic heterocycles. The second-order valence-corrected chi connectivity index (χ2v) is 4.01. The van der Waals surface area contributed by atoms with E-state index in [0.29, 0.717) is 17.5 Å². The van der Waals surface area contributed by atoms with E-state index in [1.165, 1.54) is 12.1 Å². The molecular formula is C13H13FN2O.